The molecule has 2 radical (unpaired) electrons. The van der Waals surface area contributed by atoms with Crippen molar-refractivity contribution in [2.24, 2.45) is 0 Å². The van der Waals surface area contributed by atoms with Gasteiger partial charge in [0.25, 0.3) is 0 Å². The molecule has 0 saturated heterocycles. The second-order valence-corrected chi connectivity index (χ2v) is 2.28. The zero-order valence-electron chi connectivity index (χ0n) is 6.46. The van der Waals surface area contributed by atoms with E-state index in [0.29, 0.717) is 11.3 Å². The lowest BCUT2D eigenvalue weighted by Crippen LogP contribution is -2.01. The molecule has 1 rings (SSSR count). The molecule has 3 heteroatoms. The third kappa shape index (κ3) is 1.61. The van der Waals surface area contributed by atoms with E-state index in [0.717, 1.165) is 0 Å². The number of Topliss-reactive ketones (excluding diaryl/α,β-unsaturated/α-hetero) is 1. The minimum Gasteiger partial charge on any atom is -0.294 e. The summed E-state index contributed by atoms with van der Waals surface area (Å²) in [6.07, 6.45) is 1.44. The lowest BCUT2D eigenvalue weighted by molar-refractivity contribution is 0.101. The second-order valence-electron chi connectivity index (χ2n) is 2.28. The third-order valence-corrected chi connectivity index (χ3v) is 1.38. The summed E-state index contributed by atoms with van der Waals surface area (Å²) in [6.45, 7) is 8.50. The van der Waals surface area contributed by atoms with Crippen molar-refractivity contribution in [1.29, 1.82) is 0 Å². The van der Waals surface area contributed by atoms with Crippen LogP contribution in [0, 0.1) is 13.8 Å². The number of hydrogen-bond acceptors (Lipinski definition) is 3. The lowest BCUT2D eigenvalue weighted by Gasteiger charge is -1.99. The van der Waals surface area contributed by atoms with Gasteiger partial charge in [0.05, 0.1) is 11.3 Å². The van der Waals surface area contributed by atoms with Gasteiger partial charge in [-0.2, -0.15) is 0 Å². The molecular weight excluding hydrogens is 140 g/mol. The van der Waals surface area contributed by atoms with Crippen LogP contribution in [0.3, 0.4) is 0 Å². The number of carbonyl (C=O) groups is 1. The maximum atomic E-state index is 10.9. The van der Waals surface area contributed by atoms with Gasteiger partial charge in [-0.15, -0.1) is 0 Å². The highest BCUT2D eigenvalue weighted by atomic mass is 16.1. The molecule has 1 aromatic rings. The smallest absolute Gasteiger partial charge is 0.163 e. The predicted octanol–water partition coefficient (Wildman–Crippen LogP) is 1.05. The highest BCUT2D eigenvalue weighted by molar-refractivity contribution is 5.94. The first-order chi connectivity index (χ1) is 5.11. The molecule has 0 fully saturated rings. The standard InChI is InChI=1S/C8H8N2O/c1-5-8(6(2)11)4-9-7(3)10-5/h3-4H,1-2H3. The van der Waals surface area contributed by atoms with Crippen LogP contribution < -0.4 is 0 Å². The molecular formula is C8H8N2O. The van der Waals surface area contributed by atoms with E-state index >= 15 is 0 Å². The van der Waals surface area contributed by atoms with Crippen LogP contribution in [-0.4, -0.2) is 15.8 Å². The first-order valence-electron chi connectivity index (χ1n) is 3.21. The molecule has 0 N–H and O–H groups in total. The van der Waals surface area contributed by atoms with E-state index in [1.807, 2.05) is 0 Å². The molecule has 1 aromatic heterocycles. The number of nitrogens with zero attached hydrogens (tertiary/aromatic N) is 2. The normalized spacial score (nSPS) is 9.73. The maximum Gasteiger partial charge on any atom is 0.163 e. The zero-order chi connectivity index (χ0) is 8.43. The van der Waals surface area contributed by atoms with Gasteiger partial charge < -0.3 is 0 Å². The van der Waals surface area contributed by atoms with Crippen LogP contribution in [0.25, 0.3) is 0 Å². The van der Waals surface area contributed by atoms with Crippen molar-refractivity contribution in [1.82, 2.24) is 9.97 Å². The Bertz CT molecular complexity index is 294. The van der Waals surface area contributed by atoms with E-state index in [2.05, 4.69) is 9.97 Å². The van der Waals surface area contributed by atoms with Crippen LogP contribution in [-0.2, 0) is 0 Å². The van der Waals surface area contributed by atoms with Crippen LogP contribution >= 0.6 is 0 Å². The van der Waals surface area contributed by atoms with Crippen molar-refractivity contribution in [2.75, 3.05) is 0 Å². The summed E-state index contributed by atoms with van der Waals surface area (Å²) in [5.74, 6) is 0.162. The van der Waals surface area contributed by atoms with Crippen molar-refractivity contribution in [3.63, 3.8) is 0 Å². The van der Waals surface area contributed by atoms with Gasteiger partial charge in [-0.3, -0.25) is 4.79 Å². The molecule has 56 valence electrons. The average molecular weight is 148 g/mol. The molecule has 3 nitrogen and oxygen atoms in total. The summed E-state index contributed by atoms with van der Waals surface area (Å²) in [4.78, 5) is 18.4. The number of carbonyl (C=O) groups excluding carboxylic acids is 1. The van der Waals surface area contributed by atoms with E-state index < -0.39 is 0 Å². The largest absolute Gasteiger partial charge is 0.294 e. The van der Waals surface area contributed by atoms with E-state index in [9.17, 15) is 4.79 Å². The molecule has 0 saturated carbocycles. The van der Waals surface area contributed by atoms with Crippen LogP contribution in [0.5, 0.6) is 0 Å². The first-order valence-corrected chi connectivity index (χ1v) is 3.21. The molecule has 0 bridgehead atoms. The Morgan fingerprint density at radius 3 is 2.73 bits per heavy atom. The third-order valence-electron chi connectivity index (χ3n) is 1.38. The predicted molar refractivity (Wildman–Crippen MR) is 40.2 cm³/mol. The van der Waals surface area contributed by atoms with E-state index in [1.165, 1.54) is 13.1 Å². The zero-order valence-corrected chi connectivity index (χ0v) is 6.46. The monoisotopic (exact) mass is 148 g/mol. The minimum atomic E-state index is -0.0394. The molecule has 0 aromatic carbocycles. The number of rotatable bonds is 1. The lowest BCUT2D eigenvalue weighted by atomic mass is 10.2. The summed E-state index contributed by atoms with van der Waals surface area (Å²) in [5, 5.41) is 0. The second kappa shape index (κ2) is 2.78. The summed E-state index contributed by atoms with van der Waals surface area (Å²) >= 11 is 0. The van der Waals surface area contributed by atoms with Crippen LogP contribution in [0.15, 0.2) is 6.20 Å². The Labute approximate surface area is 65.5 Å². The summed E-state index contributed by atoms with van der Waals surface area (Å²) < 4.78 is 0. The Morgan fingerprint density at radius 1 is 1.64 bits per heavy atom. The van der Waals surface area contributed by atoms with Gasteiger partial charge in [0.15, 0.2) is 5.78 Å². The highest BCUT2D eigenvalue weighted by Crippen LogP contribution is 2.03. The van der Waals surface area contributed by atoms with Gasteiger partial charge in [-0.25, -0.2) is 9.97 Å². The fraction of sp³-hybridized carbons (Fsp3) is 0.250. The number of aryl methyl sites for hydroxylation is 1. The van der Waals surface area contributed by atoms with E-state index in [-0.39, 0.29) is 11.6 Å². The van der Waals surface area contributed by atoms with Crippen molar-refractivity contribution in [3.8, 4) is 0 Å². The van der Waals surface area contributed by atoms with E-state index in [4.69, 9.17) is 6.92 Å². The molecule has 0 amide bonds. The van der Waals surface area contributed by atoms with Gasteiger partial charge in [0.1, 0.15) is 5.82 Å². The minimum absolute atomic E-state index is 0.0394. The molecule has 0 unspecified atom stereocenters. The van der Waals surface area contributed by atoms with Crippen LogP contribution in [0.4, 0.5) is 0 Å². The summed E-state index contributed by atoms with van der Waals surface area (Å²) in [5.41, 5.74) is 1.16. The molecule has 0 aliphatic heterocycles. The van der Waals surface area contributed by atoms with Gasteiger partial charge in [0, 0.05) is 13.1 Å². The van der Waals surface area contributed by atoms with Gasteiger partial charge in [0.2, 0.25) is 0 Å². The van der Waals surface area contributed by atoms with Crippen molar-refractivity contribution < 1.29 is 4.79 Å². The highest BCUT2D eigenvalue weighted by Gasteiger charge is 2.04. The maximum absolute atomic E-state index is 10.9. The quantitative estimate of drug-likeness (QED) is 0.559. The van der Waals surface area contributed by atoms with Crippen LogP contribution in [0.2, 0.25) is 0 Å². The van der Waals surface area contributed by atoms with Crippen molar-refractivity contribution in [2.45, 2.75) is 13.8 Å². The number of ketones is 1. The molecule has 1 heterocycles. The molecule has 0 atom stereocenters. The average Bonchev–Trinajstić information content (AvgIpc) is 1.85. The Balaban J connectivity index is 3.20. The topological polar surface area (TPSA) is 42.9 Å². The SMILES string of the molecule is [CH]c1ncc(C(C)=O)c(C)n1. The molecule has 11 heavy (non-hydrogen) atoms. The molecule has 0 aliphatic rings. The number of hydrogen-bond donors (Lipinski definition) is 0. The van der Waals surface area contributed by atoms with Gasteiger partial charge >= 0.3 is 0 Å². The summed E-state index contributed by atoms with van der Waals surface area (Å²) in [6, 6.07) is 0. The fourth-order valence-electron chi connectivity index (χ4n) is 0.831. The van der Waals surface area contributed by atoms with Crippen molar-refractivity contribution in [3.05, 3.63) is 30.2 Å². The van der Waals surface area contributed by atoms with Crippen molar-refractivity contribution >= 4 is 5.78 Å². The van der Waals surface area contributed by atoms with Gasteiger partial charge in [-0.05, 0) is 13.8 Å². The van der Waals surface area contributed by atoms with E-state index in [1.54, 1.807) is 6.92 Å². The fourth-order valence-corrected chi connectivity index (χ4v) is 0.831. The Kier molecular flexibility index (Phi) is 1.98. The Hall–Kier alpha value is -1.25. The Morgan fingerprint density at radius 2 is 2.27 bits per heavy atom. The summed E-state index contributed by atoms with van der Waals surface area (Å²) in [7, 11) is 0. The molecule has 0 spiro atoms. The first kappa shape index (κ1) is 7.85. The van der Waals surface area contributed by atoms with Crippen LogP contribution in [0.1, 0.15) is 28.8 Å². The number of aromatic nitrogens is 2. The molecule has 0 aliphatic carbocycles. The van der Waals surface area contributed by atoms with Gasteiger partial charge in [-0.1, -0.05) is 0 Å².